The van der Waals surface area contributed by atoms with Crippen molar-refractivity contribution in [2.24, 2.45) is 10.2 Å². The number of anilines is 1. The Morgan fingerprint density at radius 3 is 2.26 bits per heavy atom. The minimum Gasteiger partial charge on any atom is -0.489 e. The van der Waals surface area contributed by atoms with E-state index < -0.39 is 30.0 Å². The maximum Gasteiger partial charge on any atom is 0.295 e. The molecule has 3 aromatic carbocycles. The highest BCUT2D eigenvalue weighted by molar-refractivity contribution is 7.86. The number of aryl methyl sites for hydroxylation is 1. The number of hydrogen-bond donors (Lipinski definition) is 4. The molecule has 0 saturated carbocycles. The van der Waals surface area contributed by atoms with Crippen LogP contribution in [0, 0.1) is 6.92 Å². The number of hydrogen-bond acceptors (Lipinski definition) is 10. The van der Waals surface area contributed by atoms with Gasteiger partial charge in [0, 0.05) is 16.8 Å². The molecule has 0 radical (unpaired) electrons. The summed E-state index contributed by atoms with van der Waals surface area (Å²) in [7, 11) is -9.49. The SMILES string of the molecule is Cc1cc(N)c(OCCOCCO)cc1/N=N/c1cc(S(=O)(=O)O)c2cccc(S(=O)(=O)O)c2c1. The van der Waals surface area contributed by atoms with Gasteiger partial charge in [0.15, 0.2) is 0 Å². The smallest absolute Gasteiger partial charge is 0.295 e. The Labute approximate surface area is 201 Å². The van der Waals surface area contributed by atoms with Gasteiger partial charge in [0.05, 0.1) is 36.9 Å². The van der Waals surface area contributed by atoms with E-state index in [-0.39, 0.29) is 42.9 Å². The lowest BCUT2D eigenvalue weighted by atomic mass is 10.1. The first-order valence-corrected chi connectivity index (χ1v) is 12.9. The van der Waals surface area contributed by atoms with Gasteiger partial charge in [-0.05, 0) is 36.8 Å². The van der Waals surface area contributed by atoms with Gasteiger partial charge in [0.2, 0.25) is 0 Å². The Morgan fingerprint density at radius 1 is 0.886 bits per heavy atom. The molecule has 0 saturated heterocycles. The van der Waals surface area contributed by atoms with Crippen molar-refractivity contribution < 1.29 is 40.5 Å². The average Bonchev–Trinajstić information content (AvgIpc) is 2.77. The molecule has 0 aromatic heterocycles. The number of fused-ring (bicyclic) bond motifs is 1. The Kier molecular flexibility index (Phi) is 8.04. The van der Waals surface area contributed by atoms with Gasteiger partial charge in [-0.25, -0.2) is 0 Å². The molecule has 0 fully saturated rings. The highest BCUT2D eigenvalue weighted by Crippen LogP contribution is 2.35. The number of rotatable bonds is 10. The number of ether oxygens (including phenoxy) is 2. The molecule has 5 N–H and O–H groups in total. The van der Waals surface area contributed by atoms with Crippen LogP contribution in [-0.2, 0) is 25.0 Å². The minimum atomic E-state index is -4.78. The third kappa shape index (κ3) is 6.50. The number of nitrogen functional groups attached to an aromatic ring is 1. The van der Waals surface area contributed by atoms with Crippen LogP contribution in [0.1, 0.15) is 5.56 Å². The molecule has 188 valence electrons. The van der Waals surface area contributed by atoms with E-state index in [9.17, 15) is 25.9 Å². The predicted octanol–water partition coefficient (Wildman–Crippen LogP) is 3.03. The lowest BCUT2D eigenvalue weighted by molar-refractivity contribution is 0.0707. The van der Waals surface area contributed by atoms with Gasteiger partial charge in [0.1, 0.15) is 22.1 Å². The number of nitrogens with two attached hydrogens (primary N) is 1. The van der Waals surface area contributed by atoms with Crippen molar-refractivity contribution >= 4 is 48.1 Å². The summed E-state index contributed by atoms with van der Waals surface area (Å²) in [6.45, 7) is 2.14. The zero-order valence-electron chi connectivity index (χ0n) is 18.4. The topological polar surface area (TPSA) is 198 Å². The first-order chi connectivity index (χ1) is 16.4. The molecule has 0 aliphatic carbocycles. The molecule has 3 aromatic rings. The third-order valence-electron chi connectivity index (χ3n) is 4.78. The van der Waals surface area contributed by atoms with Crippen molar-refractivity contribution in [2.75, 3.05) is 32.2 Å². The monoisotopic (exact) mass is 525 g/mol. The Bertz CT molecular complexity index is 1490. The van der Waals surface area contributed by atoms with Crippen LogP contribution in [0.25, 0.3) is 10.8 Å². The molecule has 3 rings (SSSR count). The first kappa shape index (κ1) is 26.5. The zero-order chi connectivity index (χ0) is 25.8. The Morgan fingerprint density at radius 2 is 1.60 bits per heavy atom. The summed E-state index contributed by atoms with van der Waals surface area (Å²) in [4.78, 5) is -1.16. The molecular formula is C21H23N3O9S2. The fraction of sp³-hybridized carbons (Fsp3) is 0.238. The second kappa shape index (κ2) is 10.6. The van der Waals surface area contributed by atoms with Gasteiger partial charge >= 0.3 is 0 Å². The number of azo groups is 1. The van der Waals surface area contributed by atoms with E-state index in [0.29, 0.717) is 22.7 Å². The summed E-state index contributed by atoms with van der Waals surface area (Å²) < 4.78 is 77.4. The minimum absolute atomic E-state index is 0.0997. The number of aliphatic hydroxyl groups is 1. The van der Waals surface area contributed by atoms with Crippen LogP contribution in [0.3, 0.4) is 0 Å². The molecule has 0 aliphatic rings. The van der Waals surface area contributed by atoms with Crippen LogP contribution < -0.4 is 10.5 Å². The van der Waals surface area contributed by atoms with Crippen molar-refractivity contribution in [3.05, 3.63) is 48.0 Å². The number of nitrogens with zero attached hydrogens (tertiary/aromatic N) is 2. The fourth-order valence-corrected chi connectivity index (χ4v) is 4.65. The first-order valence-electron chi connectivity index (χ1n) is 10.1. The molecular weight excluding hydrogens is 502 g/mol. The van der Waals surface area contributed by atoms with E-state index in [0.717, 1.165) is 12.1 Å². The molecule has 0 unspecified atom stereocenters. The van der Waals surface area contributed by atoms with Crippen LogP contribution in [0.2, 0.25) is 0 Å². The largest absolute Gasteiger partial charge is 0.489 e. The van der Waals surface area contributed by atoms with E-state index in [1.54, 1.807) is 13.0 Å². The maximum absolute atomic E-state index is 12.0. The van der Waals surface area contributed by atoms with Crippen molar-refractivity contribution in [1.29, 1.82) is 0 Å². The molecule has 0 spiro atoms. The van der Waals surface area contributed by atoms with Gasteiger partial charge in [0.25, 0.3) is 20.2 Å². The summed E-state index contributed by atoms with van der Waals surface area (Å²) >= 11 is 0. The second-order valence-electron chi connectivity index (χ2n) is 7.31. The quantitative estimate of drug-likeness (QED) is 0.132. The van der Waals surface area contributed by atoms with E-state index in [2.05, 4.69) is 10.2 Å². The summed E-state index contributed by atoms with van der Waals surface area (Å²) in [5.41, 5.74) is 7.14. The van der Waals surface area contributed by atoms with Crippen LogP contribution >= 0.6 is 0 Å². The molecule has 0 aliphatic heterocycles. The number of benzene rings is 3. The van der Waals surface area contributed by atoms with Crippen molar-refractivity contribution in [3.63, 3.8) is 0 Å². The predicted molar refractivity (Wildman–Crippen MR) is 127 cm³/mol. The second-order valence-corrected chi connectivity index (χ2v) is 10.1. The van der Waals surface area contributed by atoms with Gasteiger partial charge < -0.3 is 20.3 Å². The highest BCUT2D eigenvalue weighted by atomic mass is 32.2. The summed E-state index contributed by atoms with van der Waals surface area (Å²) in [5.74, 6) is 0.294. The zero-order valence-corrected chi connectivity index (χ0v) is 20.1. The van der Waals surface area contributed by atoms with E-state index in [1.807, 2.05) is 0 Å². The normalized spacial score (nSPS) is 12.5. The third-order valence-corrected chi connectivity index (χ3v) is 6.59. The molecule has 0 bridgehead atoms. The number of aliphatic hydroxyl groups excluding tert-OH is 1. The van der Waals surface area contributed by atoms with E-state index >= 15 is 0 Å². The van der Waals surface area contributed by atoms with E-state index in [1.165, 1.54) is 24.3 Å². The van der Waals surface area contributed by atoms with Gasteiger partial charge in [-0.2, -0.15) is 27.1 Å². The molecule has 14 heteroatoms. The summed E-state index contributed by atoms with van der Waals surface area (Å²) in [6.07, 6.45) is 0. The molecule has 12 nitrogen and oxygen atoms in total. The lowest BCUT2D eigenvalue weighted by Crippen LogP contribution is -2.10. The lowest BCUT2D eigenvalue weighted by Gasteiger charge is -2.11. The summed E-state index contributed by atoms with van der Waals surface area (Å²) in [5, 5.41) is 16.5. The highest BCUT2D eigenvalue weighted by Gasteiger charge is 2.21. The van der Waals surface area contributed by atoms with Crippen molar-refractivity contribution in [1.82, 2.24) is 0 Å². The van der Waals surface area contributed by atoms with Crippen molar-refractivity contribution in [3.8, 4) is 5.75 Å². The van der Waals surface area contributed by atoms with Gasteiger partial charge in [-0.1, -0.05) is 12.1 Å². The Hall–Kier alpha value is -3.14. The van der Waals surface area contributed by atoms with Crippen LogP contribution in [0.5, 0.6) is 5.75 Å². The van der Waals surface area contributed by atoms with Crippen LogP contribution in [0.4, 0.5) is 17.1 Å². The molecule has 0 heterocycles. The average molecular weight is 526 g/mol. The maximum atomic E-state index is 12.0. The molecule has 0 atom stereocenters. The van der Waals surface area contributed by atoms with E-state index in [4.69, 9.17) is 20.3 Å². The van der Waals surface area contributed by atoms with Gasteiger partial charge in [-0.15, -0.1) is 0 Å². The van der Waals surface area contributed by atoms with Gasteiger partial charge in [-0.3, -0.25) is 9.11 Å². The summed E-state index contributed by atoms with van der Waals surface area (Å²) in [6, 6.07) is 8.95. The van der Waals surface area contributed by atoms with Crippen molar-refractivity contribution in [2.45, 2.75) is 16.7 Å². The molecule has 35 heavy (non-hydrogen) atoms. The van der Waals surface area contributed by atoms with Crippen LogP contribution in [0.15, 0.2) is 62.5 Å². The standard InChI is InChI=1S/C21H23N3O9S2/c1-13-9-17(22)19(33-8-7-32-6-5-25)12-18(13)24-23-14-10-16-15(21(11-14)35(29,30)31)3-2-4-20(16)34(26,27)28/h2-4,9-12,25H,5-8,22H2,1H3,(H,26,27,28)(H,29,30,31)/b24-23+. The van der Waals surface area contributed by atoms with Crippen LogP contribution in [-0.4, -0.2) is 57.5 Å². The Balaban J connectivity index is 2.04. The molecule has 0 amide bonds. The fourth-order valence-electron chi connectivity index (χ4n) is 3.23.